The molecule has 0 saturated heterocycles. The van der Waals surface area contributed by atoms with Crippen LogP contribution in [0.15, 0.2) is 108 Å². The molecule has 0 saturated carbocycles. The highest BCUT2D eigenvalue weighted by molar-refractivity contribution is 7.92. The number of ether oxygens (including phenoxy) is 1. The SMILES string of the molecule is O=C(Nc1ccccc1Oc1ccccc1)c1ccc(NS(=O)(=O)c2ccc(F)cc2)cc1. The molecule has 0 spiro atoms. The number of anilines is 2. The monoisotopic (exact) mass is 462 g/mol. The van der Waals surface area contributed by atoms with Crippen LogP contribution in [0.3, 0.4) is 0 Å². The predicted octanol–water partition coefficient (Wildman–Crippen LogP) is 5.67. The van der Waals surface area contributed by atoms with Crippen molar-refractivity contribution >= 4 is 27.3 Å². The third-order valence-corrected chi connectivity index (χ3v) is 6.03. The summed E-state index contributed by atoms with van der Waals surface area (Å²) in [6, 6.07) is 26.7. The fraction of sp³-hybridized carbons (Fsp3) is 0. The highest BCUT2D eigenvalue weighted by Gasteiger charge is 2.15. The third kappa shape index (κ3) is 5.55. The van der Waals surface area contributed by atoms with Crippen LogP contribution in [0.4, 0.5) is 15.8 Å². The van der Waals surface area contributed by atoms with E-state index in [1.54, 1.807) is 24.3 Å². The lowest BCUT2D eigenvalue weighted by molar-refractivity contribution is 0.102. The van der Waals surface area contributed by atoms with Crippen LogP contribution in [-0.4, -0.2) is 14.3 Å². The molecule has 166 valence electrons. The molecule has 0 fully saturated rings. The van der Waals surface area contributed by atoms with Gasteiger partial charge in [0.05, 0.1) is 10.6 Å². The van der Waals surface area contributed by atoms with Crippen LogP contribution in [0.2, 0.25) is 0 Å². The Morgan fingerprint density at radius 1 is 0.758 bits per heavy atom. The van der Waals surface area contributed by atoms with Gasteiger partial charge in [-0.05, 0) is 72.8 Å². The Labute approximate surface area is 190 Å². The molecular formula is C25H19FN2O4S. The number of hydrogen-bond acceptors (Lipinski definition) is 4. The Morgan fingerprint density at radius 2 is 1.39 bits per heavy atom. The van der Waals surface area contributed by atoms with Gasteiger partial charge in [0.1, 0.15) is 11.6 Å². The molecule has 0 heterocycles. The highest BCUT2D eigenvalue weighted by Crippen LogP contribution is 2.29. The highest BCUT2D eigenvalue weighted by atomic mass is 32.2. The van der Waals surface area contributed by atoms with Gasteiger partial charge in [-0.25, -0.2) is 12.8 Å². The summed E-state index contributed by atoms with van der Waals surface area (Å²) in [5.41, 5.74) is 1.09. The normalized spacial score (nSPS) is 10.9. The molecule has 0 atom stereocenters. The third-order valence-electron chi connectivity index (χ3n) is 4.63. The maximum atomic E-state index is 13.1. The second-order valence-corrected chi connectivity index (χ2v) is 8.68. The molecular weight excluding hydrogens is 443 g/mol. The molecule has 0 aliphatic heterocycles. The van der Waals surface area contributed by atoms with E-state index >= 15 is 0 Å². The summed E-state index contributed by atoms with van der Waals surface area (Å²) < 4.78 is 46.2. The van der Waals surface area contributed by atoms with Crippen molar-refractivity contribution in [3.8, 4) is 11.5 Å². The van der Waals surface area contributed by atoms with Gasteiger partial charge in [-0.15, -0.1) is 0 Å². The minimum absolute atomic E-state index is 0.0688. The molecule has 8 heteroatoms. The van der Waals surface area contributed by atoms with E-state index in [1.165, 1.54) is 36.4 Å². The van der Waals surface area contributed by atoms with E-state index in [9.17, 15) is 17.6 Å². The molecule has 0 aliphatic carbocycles. The molecule has 0 aliphatic rings. The van der Waals surface area contributed by atoms with Crippen molar-refractivity contribution in [1.82, 2.24) is 0 Å². The first-order valence-electron chi connectivity index (χ1n) is 9.92. The fourth-order valence-corrected chi connectivity index (χ4v) is 4.04. The second-order valence-electron chi connectivity index (χ2n) is 7.00. The van der Waals surface area contributed by atoms with Gasteiger partial charge in [-0.2, -0.15) is 0 Å². The smallest absolute Gasteiger partial charge is 0.261 e. The van der Waals surface area contributed by atoms with Crippen LogP contribution in [0.25, 0.3) is 0 Å². The van der Waals surface area contributed by atoms with Gasteiger partial charge < -0.3 is 10.1 Å². The van der Waals surface area contributed by atoms with Gasteiger partial charge in [-0.3, -0.25) is 9.52 Å². The second kappa shape index (κ2) is 9.54. The van der Waals surface area contributed by atoms with Crippen molar-refractivity contribution < 1.29 is 22.3 Å². The van der Waals surface area contributed by atoms with E-state index < -0.39 is 15.8 Å². The quantitative estimate of drug-likeness (QED) is 0.371. The van der Waals surface area contributed by atoms with Gasteiger partial charge in [0.25, 0.3) is 15.9 Å². The van der Waals surface area contributed by atoms with Crippen molar-refractivity contribution in [3.63, 3.8) is 0 Å². The molecule has 0 radical (unpaired) electrons. The number of rotatable bonds is 7. The summed E-state index contributed by atoms with van der Waals surface area (Å²) in [7, 11) is -3.88. The number of benzene rings is 4. The summed E-state index contributed by atoms with van der Waals surface area (Å²) in [5, 5.41) is 2.81. The summed E-state index contributed by atoms with van der Waals surface area (Å²) in [4.78, 5) is 12.7. The number of carbonyl (C=O) groups is 1. The first-order chi connectivity index (χ1) is 15.9. The van der Waals surface area contributed by atoms with E-state index in [-0.39, 0.29) is 16.5 Å². The maximum Gasteiger partial charge on any atom is 0.261 e. The van der Waals surface area contributed by atoms with Gasteiger partial charge in [0, 0.05) is 11.3 Å². The molecule has 33 heavy (non-hydrogen) atoms. The fourth-order valence-electron chi connectivity index (χ4n) is 2.99. The summed E-state index contributed by atoms with van der Waals surface area (Å²) >= 11 is 0. The van der Waals surface area contributed by atoms with Crippen LogP contribution in [0.5, 0.6) is 11.5 Å². The summed E-state index contributed by atoms with van der Waals surface area (Å²) in [6.07, 6.45) is 0. The zero-order valence-electron chi connectivity index (χ0n) is 17.2. The molecule has 0 bridgehead atoms. The standard InChI is InChI=1S/C25H19FN2O4S/c26-19-12-16-22(17-13-19)33(30,31)28-20-14-10-18(11-15-20)25(29)27-23-8-4-5-9-24(23)32-21-6-2-1-3-7-21/h1-17,28H,(H,27,29). The Bertz CT molecular complexity index is 1360. The summed E-state index contributed by atoms with van der Waals surface area (Å²) in [6.45, 7) is 0. The Morgan fingerprint density at radius 3 is 2.09 bits per heavy atom. The number of amides is 1. The van der Waals surface area contributed by atoms with E-state index in [4.69, 9.17) is 4.74 Å². The zero-order chi connectivity index (χ0) is 23.3. The molecule has 6 nitrogen and oxygen atoms in total. The number of sulfonamides is 1. The lowest BCUT2D eigenvalue weighted by Crippen LogP contribution is -2.14. The average molecular weight is 463 g/mol. The van der Waals surface area contributed by atoms with E-state index in [0.29, 0.717) is 22.7 Å². The number of hydrogen-bond donors (Lipinski definition) is 2. The van der Waals surface area contributed by atoms with Gasteiger partial charge in [-0.1, -0.05) is 30.3 Å². The first-order valence-corrected chi connectivity index (χ1v) is 11.4. The van der Waals surface area contributed by atoms with Crippen molar-refractivity contribution in [1.29, 1.82) is 0 Å². The molecule has 4 aromatic carbocycles. The van der Waals surface area contributed by atoms with Crippen LogP contribution in [0.1, 0.15) is 10.4 Å². The van der Waals surface area contributed by atoms with Crippen LogP contribution in [-0.2, 0) is 10.0 Å². The predicted molar refractivity (Wildman–Crippen MR) is 125 cm³/mol. The number of para-hydroxylation sites is 3. The lowest BCUT2D eigenvalue weighted by Gasteiger charge is -2.13. The van der Waals surface area contributed by atoms with E-state index in [0.717, 1.165) is 12.1 Å². The molecule has 0 unspecified atom stereocenters. The van der Waals surface area contributed by atoms with Crippen LogP contribution >= 0.6 is 0 Å². The van der Waals surface area contributed by atoms with Crippen molar-refractivity contribution in [2.45, 2.75) is 4.90 Å². The minimum atomic E-state index is -3.88. The number of nitrogens with one attached hydrogen (secondary N) is 2. The zero-order valence-corrected chi connectivity index (χ0v) is 18.1. The number of carbonyl (C=O) groups excluding carboxylic acids is 1. The molecule has 2 N–H and O–H groups in total. The van der Waals surface area contributed by atoms with Crippen LogP contribution < -0.4 is 14.8 Å². The van der Waals surface area contributed by atoms with Gasteiger partial charge >= 0.3 is 0 Å². The molecule has 0 aromatic heterocycles. The van der Waals surface area contributed by atoms with Crippen LogP contribution in [0, 0.1) is 5.82 Å². The van der Waals surface area contributed by atoms with Gasteiger partial charge in [0.2, 0.25) is 0 Å². The largest absolute Gasteiger partial charge is 0.455 e. The Kier molecular flexibility index (Phi) is 6.37. The minimum Gasteiger partial charge on any atom is -0.455 e. The molecule has 4 rings (SSSR count). The lowest BCUT2D eigenvalue weighted by atomic mass is 10.2. The van der Waals surface area contributed by atoms with Crippen molar-refractivity contribution in [2.24, 2.45) is 0 Å². The first kappa shape index (κ1) is 22.0. The van der Waals surface area contributed by atoms with E-state index in [1.807, 2.05) is 30.3 Å². The number of halogens is 1. The summed E-state index contributed by atoms with van der Waals surface area (Å²) in [5.74, 6) is 0.213. The molecule has 1 amide bonds. The van der Waals surface area contributed by atoms with E-state index in [2.05, 4.69) is 10.0 Å². The average Bonchev–Trinajstić information content (AvgIpc) is 2.81. The van der Waals surface area contributed by atoms with Gasteiger partial charge in [0.15, 0.2) is 5.75 Å². The Hall–Kier alpha value is -4.17. The topological polar surface area (TPSA) is 84.5 Å². The van der Waals surface area contributed by atoms with Crippen molar-refractivity contribution in [2.75, 3.05) is 10.0 Å². The molecule has 4 aromatic rings. The Balaban J connectivity index is 1.46. The van der Waals surface area contributed by atoms with Crippen molar-refractivity contribution in [3.05, 3.63) is 115 Å². The maximum absolute atomic E-state index is 13.1.